The predicted molar refractivity (Wildman–Crippen MR) is 174 cm³/mol. The highest BCUT2D eigenvalue weighted by Gasteiger charge is 2.26. The van der Waals surface area contributed by atoms with Crippen LogP contribution in [0.2, 0.25) is 0 Å². The van der Waals surface area contributed by atoms with Gasteiger partial charge in [-0.3, -0.25) is 5.32 Å². The fraction of sp³-hybridized carbons (Fsp3) is 0.257. The largest absolute Gasteiger partial charge is 0.409 e. The number of aryl methyl sites for hydroxylation is 1. The number of rotatable bonds is 4. The summed E-state index contributed by atoms with van der Waals surface area (Å²) >= 11 is 1.03. The summed E-state index contributed by atoms with van der Waals surface area (Å²) in [5.74, 6) is 39.5. The van der Waals surface area contributed by atoms with Crippen LogP contribution in [-0.4, -0.2) is 47.5 Å². The Bertz CT molecular complexity index is 1770. The second-order valence-electron chi connectivity index (χ2n) is 8.18. The Kier molecular flexibility index (Phi) is 15.4. The van der Waals surface area contributed by atoms with Crippen molar-refractivity contribution in [1.82, 2.24) is 10.2 Å². The quantitative estimate of drug-likeness (QED) is 0.108. The Morgan fingerprint density at radius 2 is 1.42 bits per heavy atom. The lowest BCUT2D eigenvalue weighted by molar-refractivity contribution is 0.253. The Labute approximate surface area is 259 Å². The van der Waals surface area contributed by atoms with Gasteiger partial charge in [0.05, 0.1) is 5.69 Å². The van der Waals surface area contributed by atoms with Gasteiger partial charge in [0.1, 0.15) is 0 Å². The highest BCUT2D eigenvalue weighted by Crippen LogP contribution is 2.32. The average molecular weight is 582 g/mol. The number of likely N-dealkylation sites (tertiary alicyclic amines) is 1. The number of terminal acetylenes is 1. The summed E-state index contributed by atoms with van der Waals surface area (Å²) in [7, 11) is 0. The van der Waals surface area contributed by atoms with Gasteiger partial charge in [0, 0.05) is 97.2 Å². The van der Waals surface area contributed by atoms with Crippen LogP contribution >= 0.6 is 11.9 Å². The molecule has 0 atom stereocenters. The van der Waals surface area contributed by atoms with E-state index in [0.717, 1.165) is 62.2 Å². The van der Waals surface area contributed by atoms with Crippen LogP contribution < -0.4 is 14.5 Å². The summed E-state index contributed by atoms with van der Waals surface area (Å²) in [5, 5.41) is 16.0. The number of urea groups is 1. The van der Waals surface area contributed by atoms with Crippen molar-refractivity contribution in [2.75, 3.05) is 35.4 Å². The Morgan fingerprint density at radius 3 is 1.88 bits per heavy atom. The van der Waals surface area contributed by atoms with Crippen LogP contribution in [0.5, 0.6) is 0 Å². The number of nitrogens with one attached hydrogen (secondary N) is 1. The molecule has 43 heavy (non-hydrogen) atoms. The van der Waals surface area contributed by atoms with Gasteiger partial charge in [-0.15, -0.1) is 6.42 Å². The minimum absolute atomic E-state index is 0.334. The Balaban J connectivity index is 2.11. The number of nitrogens with zero attached hydrogens (tertiary/aromatic N) is 4. The molecule has 2 N–H and O–H groups in total. The molecule has 1 heterocycles. The molecule has 0 bridgehead atoms. The highest BCUT2D eigenvalue weighted by molar-refractivity contribution is 8.15. The third kappa shape index (κ3) is 11.9. The van der Waals surface area contributed by atoms with E-state index in [9.17, 15) is 10.0 Å². The zero-order chi connectivity index (χ0) is 31.1. The summed E-state index contributed by atoms with van der Waals surface area (Å²) < 4.78 is 1.43. The number of carbonyl (C=O) groups is 1. The van der Waals surface area contributed by atoms with Crippen molar-refractivity contribution < 1.29 is 10.0 Å². The molecule has 0 radical (unpaired) electrons. The summed E-state index contributed by atoms with van der Waals surface area (Å²) in [6.07, 6.45) is 6.94. The molecule has 2 amide bonds. The summed E-state index contributed by atoms with van der Waals surface area (Å²) in [6, 6.07) is 7.90. The van der Waals surface area contributed by atoms with Crippen LogP contribution in [-0.2, 0) is 0 Å². The van der Waals surface area contributed by atoms with Gasteiger partial charge in [-0.05, 0) is 105 Å². The lowest BCUT2D eigenvalue weighted by Crippen LogP contribution is -2.37. The molecule has 2 rings (SSSR count). The summed E-state index contributed by atoms with van der Waals surface area (Å²) in [5.41, 5.74) is 2.58. The number of hydrogen-bond acceptors (Lipinski definition) is 5. The number of hydrogen-bond donors (Lipinski definition) is 2. The van der Waals surface area contributed by atoms with Crippen molar-refractivity contribution in [1.29, 1.82) is 0 Å². The molecular formula is C35H27N5O2S. The fourth-order valence-corrected chi connectivity index (χ4v) is 4.52. The summed E-state index contributed by atoms with van der Waals surface area (Å²) in [6.45, 7) is 9.35. The normalized spacial score (nSPS) is 10.3. The second-order valence-corrected chi connectivity index (χ2v) is 9.09. The number of oxime groups is 1. The van der Waals surface area contributed by atoms with Crippen molar-refractivity contribution in [2.24, 2.45) is 5.16 Å². The fourth-order valence-electron chi connectivity index (χ4n) is 3.59. The first-order valence-electron chi connectivity index (χ1n) is 13.1. The van der Waals surface area contributed by atoms with E-state index in [2.05, 4.69) is 130 Å². The first kappa shape index (κ1) is 33.2. The van der Waals surface area contributed by atoms with E-state index in [1.807, 2.05) is 30.0 Å². The number of amidine groups is 1. The maximum Gasteiger partial charge on any atom is 0.344 e. The molecule has 0 aromatic heterocycles. The van der Waals surface area contributed by atoms with Gasteiger partial charge in [0.25, 0.3) is 0 Å². The van der Waals surface area contributed by atoms with Gasteiger partial charge < -0.3 is 15.0 Å². The van der Waals surface area contributed by atoms with Crippen molar-refractivity contribution in [2.45, 2.75) is 33.6 Å². The molecule has 1 fully saturated rings. The zero-order valence-electron chi connectivity index (χ0n) is 24.1. The third-order valence-corrected chi connectivity index (χ3v) is 6.57. The van der Waals surface area contributed by atoms with Crippen molar-refractivity contribution in [3.63, 3.8) is 0 Å². The minimum atomic E-state index is -0.511. The third-order valence-electron chi connectivity index (χ3n) is 5.53. The number of carbonyl (C=O) groups excluding carboxylic acids is 1. The van der Waals surface area contributed by atoms with Gasteiger partial charge in [0.15, 0.2) is 0 Å². The molecule has 7 nitrogen and oxygen atoms in total. The SMILES string of the molecule is C#CC#CC#CC#CC#CC#CC#CC#CC#CNC(=O)N(S/C(=N/O)N1CCCC1)c1ccc(N(CC)CC)cc1C. The zero-order valence-corrected chi connectivity index (χ0v) is 24.9. The number of anilines is 2. The van der Waals surface area contributed by atoms with E-state index >= 15 is 0 Å². The lowest BCUT2D eigenvalue weighted by Gasteiger charge is -2.27. The van der Waals surface area contributed by atoms with Crippen LogP contribution in [0.25, 0.3) is 0 Å². The predicted octanol–water partition coefficient (Wildman–Crippen LogP) is 3.46. The van der Waals surface area contributed by atoms with Gasteiger partial charge in [-0.1, -0.05) is 5.16 Å². The first-order chi connectivity index (χ1) is 21.0. The maximum atomic E-state index is 13.2. The molecule has 210 valence electrons. The molecule has 0 aliphatic carbocycles. The van der Waals surface area contributed by atoms with Crippen LogP contribution in [0, 0.1) is 114 Å². The van der Waals surface area contributed by atoms with Gasteiger partial charge in [-0.2, -0.15) is 0 Å². The Hall–Kier alpha value is -6.05. The topological polar surface area (TPSA) is 71.4 Å². The van der Waals surface area contributed by atoms with E-state index in [0.29, 0.717) is 10.9 Å². The molecule has 1 aliphatic heterocycles. The average Bonchev–Trinajstić information content (AvgIpc) is 3.55. The molecule has 0 unspecified atom stereocenters. The standard InChI is InChI=1S/C35H27N5O2S/c1-5-8-9-10-11-12-13-14-15-16-17-18-19-20-21-22-27-36-34(41)40(43-35(37-42)39-28-23-24-29-39)33-26-25-32(30-31(33)4)38(6-2)7-3/h1,25-26,30,42H,6-7,23-24,28-29H2,2-4H3,(H,36,41)/b37-35+. The molecule has 1 aromatic rings. The Morgan fingerprint density at radius 1 is 0.907 bits per heavy atom. The van der Waals surface area contributed by atoms with Crippen molar-refractivity contribution in [3.05, 3.63) is 23.8 Å². The molecule has 1 saturated heterocycles. The van der Waals surface area contributed by atoms with E-state index in [1.54, 1.807) is 0 Å². The lowest BCUT2D eigenvalue weighted by atomic mass is 10.1. The van der Waals surface area contributed by atoms with Gasteiger partial charge >= 0.3 is 6.03 Å². The molecule has 1 aromatic carbocycles. The smallest absolute Gasteiger partial charge is 0.344 e. The van der Waals surface area contributed by atoms with E-state index in [1.165, 1.54) is 4.31 Å². The molecule has 0 saturated carbocycles. The monoisotopic (exact) mass is 581 g/mol. The van der Waals surface area contributed by atoms with E-state index in [-0.39, 0.29) is 0 Å². The van der Waals surface area contributed by atoms with E-state index < -0.39 is 6.03 Å². The van der Waals surface area contributed by atoms with Gasteiger partial charge in [0.2, 0.25) is 5.17 Å². The second kappa shape index (κ2) is 19.9. The minimum Gasteiger partial charge on any atom is -0.409 e. The van der Waals surface area contributed by atoms with Crippen molar-refractivity contribution >= 4 is 34.5 Å². The van der Waals surface area contributed by atoms with Crippen LogP contribution in [0.15, 0.2) is 23.4 Å². The maximum absolute atomic E-state index is 13.2. The van der Waals surface area contributed by atoms with Crippen molar-refractivity contribution in [3.8, 4) is 107 Å². The summed E-state index contributed by atoms with van der Waals surface area (Å²) in [4.78, 5) is 17.4. The highest BCUT2D eigenvalue weighted by atomic mass is 32.2. The van der Waals surface area contributed by atoms with Crippen LogP contribution in [0.4, 0.5) is 16.2 Å². The van der Waals surface area contributed by atoms with E-state index in [4.69, 9.17) is 6.42 Å². The first-order valence-corrected chi connectivity index (χ1v) is 13.9. The number of benzene rings is 1. The molecular weight excluding hydrogens is 554 g/mol. The molecule has 1 aliphatic rings. The van der Waals surface area contributed by atoms with Crippen LogP contribution in [0.1, 0.15) is 32.3 Å². The molecule has 0 spiro atoms. The molecule has 8 heteroatoms. The van der Waals surface area contributed by atoms with Crippen LogP contribution in [0.3, 0.4) is 0 Å². The van der Waals surface area contributed by atoms with Gasteiger partial charge in [-0.25, -0.2) is 9.10 Å². The number of amides is 2.